The first-order valence-electron chi connectivity index (χ1n) is 7.07. The molecule has 2 N–H and O–H groups in total. The lowest BCUT2D eigenvalue weighted by atomic mass is 10.2. The van der Waals surface area contributed by atoms with Crippen LogP contribution >= 0.6 is 11.3 Å². The highest BCUT2D eigenvalue weighted by molar-refractivity contribution is 7.13. The summed E-state index contributed by atoms with van der Waals surface area (Å²) in [6, 6.07) is 7.94. The van der Waals surface area contributed by atoms with E-state index in [0.29, 0.717) is 23.9 Å². The number of ether oxygens (including phenoxy) is 1. The van der Waals surface area contributed by atoms with E-state index in [0.717, 1.165) is 24.5 Å². The molecule has 0 atom stereocenters. The lowest BCUT2D eigenvalue weighted by molar-refractivity contribution is 0.0741. The Balaban J connectivity index is 1.66. The maximum absolute atomic E-state index is 12.4. The molecule has 1 fully saturated rings. The summed E-state index contributed by atoms with van der Waals surface area (Å²) >= 11 is 1.29. The third-order valence-electron chi connectivity index (χ3n) is 3.73. The standard InChI is InChI=1S/C15H18N4O2S/c1-21-13-5-3-2-4-12(13)18-6-8-19(9-7-18)14(20)11-10-22-15(16)17-11/h2-5,10H,6-9H2,1H3,(H2,16,17). The predicted octanol–water partition coefficient (Wildman–Crippen LogP) is 1.70. The molecular weight excluding hydrogens is 300 g/mol. The Morgan fingerprint density at radius 2 is 2.00 bits per heavy atom. The molecule has 1 aliphatic rings. The van der Waals surface area contributed by atoms with Crippen LogP contribution in [0, 0.1) is 0 Å². The van der Waals surface area contributed by atoms with Crippen molar-refractivity contribution in [1.29, 1.82) is 0 Å². The minimum Gasteiger partial charge on any atom is -0.495 e. The highest BCUT2D eigenvalue weighted by atomic mass is 32.1. The largest absolute Gasteiger partial charge is 0.495 e. The van der Waals surface area contributed by atoms with Gasteiger partial charge in [0, 0.05) is 31.6 Å². The molecule has 1 amide bonds. The summed E-state index contributed by atoms with van der Waals surface area (Å²) in [5.74, 6) is 0.808. The number of anilines is 2. The van der Waals surface area contributed by atoms with Crippen LogP contribution in [0.15, 0.2) is 29.6 Å². The summed E-state index contributed by atoms with van der Waals surface area (Å²) in [6.07, 6.45) is 0. The number of piperazine rings is 1. The van der Waals surface area contributed by atoms with Crippen LogP contribution < -0.4 is 15.4 Å². The Hall–Kier alpha value is -2.28. The fourth-order valence-corrected chi connectivity index (χ4v) is 3.13. The fourth-order valence-electron chi connectivity index (χ4n) is 2.59. The van der Waals surface area contributed by atoms with Crippen LogP contribution in [0.1, 0.15) is 10.5 Å². The summed E-state index contributed by atoms with van der Waals surface area (Å²) < 4.78 is 5.40. The number of carbonyl (C=O) groups excluding carboxylic acids is 1. The molecule has 1 aromatic carbocycles. The van der Waals surface area contributed by atoms with Crippen LogP contribution in [-0.2, 0) is 0 Å². The van der Waals surface area contributed by atoms with Crippen LogP contribution in [0.4, 0.5) is 10.8 Å². The van der Waals surface area contributed by atoms with E-state index in [1.165, 1.54) is 11.3 Å². The first-order valence-corrected chi connectivity index (χ1v) is 7.95. The molecule has 2 heterocycles. The zero-order valence-electron chi connectivity index (χ0n) is 12.4. The molecule has 2 aromatic rings. The van der Waals surface area contributed by atoms with E-state index >= 15 is 0 Å². The van der Waals surface area contributed by atoms with E-state index in [9.17, 15) is 4.79 Å². The van der Waals surface area contributed by atoms with Gasteiger partial charge in [0.05, 0.1) is 12.8 Å². The number of hydrogen-bond acceptors (Lipinski definition) is 6. The summed E-state index contributed by atoms with van der Waals surface area (Å²) in [7, 11) is 1.67. The molecule has 1 aromatic heterocycles. The van der Waals surface area contributed by atoms with Crippen LogP contribution in [0.2, 0.25) is 0 Å². The highest BCUT2D eigenvalue weighted by Crippen LogP contribution is 2.28. The molecule has 0 unspecified atom stereocenters. The molecule has 1 saturated heterocycles. The number of nitrogens with two attached hydrogens (primary N) is 1. The average Bonchev–Trinajstić information content (AvgIpc) is 3.01. The number of aromatic nitrogens is 1. The number of rotatable bonds is 3. The van der Waals surface area contributed by atoms with Gasteiger partial charge in [0.1, 0.15) is 11.4 Å². The van der Waals surface area contributed by atoms with Crippen molar-refractivity contribution in [2.24, 2.45) is 0 Å². The second-order valence-corrected chi connectivity index (χ2v) is 5.91. The average molecular weight is 318 g/mol. The van der Waals surface area contributed by atoms with Crippen LogP contribution in [0.3, 0.4) is 0 Å². The lowest BCUT2D eigenvalue weighted by Crippen LogP contribution is -2.49. The van der Waals surface area contributed by atoms with Crippen LogP contribution in [0.25, 0.3) is 0 Å². The smallest absolute Gasteiger partial charge is 0.273 e. The highest BCUT2D eigenvalue weighted by Gasteiger charge is 2.24. The summed E-state index contributed by atoms with van der Waals surface area (Å²) in [5, 5.41) is 2.14. The number of nitrogens with zero attached hydrogens (tertiary/aromatic N) is 3. The molecular formula is C15H18N4O2S. The number of benzene rings is 1. The Labute approximate surface area is 133 Å². The number of carbonyl (C=O) groups is 1. The third kappa shape index (κ3) is 2.85. The molecule has 0 bridgehead atoms. The Morgan fingerprint density at radius 3 is 2.64 bits per heavy atom. The van der Waals surface area contributed by atoms with Crippen LogP contribution in [0.5, 0.6) is 5.75 Å². The molecule has 0 radical (unpaired) electrons. The number of hydrogen-bond donors (Lipinski definition) is 1. The molecule has 0 saturated carbocycles. The molecule has 3 rings (SSSR count). The zero-order valence-corrected chi connectivity index (χ0v) is 13.2. The van der Waals surface area contributed by atoms with E-state index in [1.54, 1.807) is 12.5 Å². The number of para-hydroxylation sites is 2. The van der Waals surface area contributed by atoms with Gasteiger partial charge in [-0.3, -0.25) is 4.79 Å². The first kappa shape index (κ1) is 14.6. The number of amides is 1. The number of nitrogen functional groups attached to an aromatic ring is 1. The van der Waals surface area contributed by atoms with Crippen LogP contribution in [-0.4, -0.2) is 49.1 Å². The minimum atomic E-state index is -0.0485. The molecule has 0 aliphatic carbocycles. The molecule has 6 nitrogen and oxygen atoms in total. The molecule has 22 heavy (non-hydrogen) atoms. The Morgan fingerprint density at radius 1 is 1.27 bits per heavy atom. The van der Waals surface area contributed by atoms with E-state index in [2.05, 4.69) is 9.88 Å². The second-order valence-electron chi connectivity index (χ2n) is 5.02. The van der Waals surface area contributed by atoms with Crippen molar-refractivity contribution in [1.82, 2.24) is 9.88 Å². The Bertz CT molecular complexity index is 665. The van der Waals surface area contributed by atoms with Gasteiger partial charge in [-0.1, -0.05) is 12.1 Å². The SMILES string of the molecule is COc1ccccc1N1CCN(C(=O)c2csc(N)n2)CC1. The van der Waals surface area contributed by atoms with Gasteiger partial charge in [0.15, 0.2) is 5.13 Å². The molecule has 7 heteroatoms. The van der Waals surface area contributed by atoms with Crippen molar-refractivity contribution in [3.63, 3.8) is 0 Å². The fraction of sp³-hybridized carbons (Fsp3) is 0.333. The molecule has 0 spiro atoms. The van der Waals surface area contributed by atoms with Gasteiger partial charge < -0.3 is 20.3 Å². The van der Waals surface area contributed by atoms with Gasteiger partial charge in [0.25, 0.3) is 5.91 Å². The maximum atomic E-state index is 12.4. The summed E-state index contributed by atoms with van der Waals surface area (Å²) in [5.41, 5.74) is 7.09. The van der Waals surface area contributed by atoms with Crippen molar-refractivity contribution >= 4 is 28.1 Å². The van der Waals surface area contributed by atoms with Crippen molar-refractivity contribution in [3.8, 4) is 5.75 Å². The zero-order chi connectivity index (χ0) is 15.5. The topological polar surface area (TPSA) is 71.7 Å². The van der Waals surface area contributed by atoms with Gasteiger partial charge in [-0.2, -0.15) is 0 Å². The van der Waals surface area contributed by atoms with E-state index in [1.807, 2.05) is 29.2 Å². The van der Waals surface area contributed by atoms with Gasteiger partial charge >= 0.3 is 0 Å². The Kier molecular flexibility index (Phi) is 4.15. The number of thiazole rings is 1. The van der Waals surface area contributed by atoms with Gasteiger partial charge in [-0.25, -0.2) is 4.98 Å². The first-order chi connectivity index (χ1) is 10.7. The van der Waals surface area contributed by atoms with E-state index in [4.69, 9.17) is 10.5 Å². The molecule has 116 valence electrons. The maximum Gasteiger partial charge on any atom is 0.273 e. The summed E-state index contributed by atoms with van der Waals surface area (Å²) in [6.45, 7) is 2.86. The van der Waals surface area contributed by atoms with Gasteiger partial charge in [-0.05, 0) is 12.1 Å². The molecule has 1 aliphatic heterocycles. The monoisotopic (exact) mass is 318 g/mol. The van der Waals surface area contributed by atoms with Gasteiger partial charge in [-0.15, -0.1) is 11.3 Å². The number of methoxy groups -OCH3 is 1. The third-order valence-corrected chi connectivity index (χ3v) is 4.41. The summed E-state index contributed by atoms with van der Waals surface area (Å²) in [4.78, 5) is 20.5. The van der Waals surface area contributed by atoms with E-state index < -0.39 is 0 Å². The van der Waals surface area contributed by atoms with Crippen molar-refractivity contribution < 1.29 is 9.53 Å². The quantitative estimate of drug-likeness (QED) is 0.932. The normalized spacial score (nSPS) is 15.0. The predicted molar refractivity (Wildman–Crippen MR) is 87.6 cm³/mol. The van der Waals surface area contributed by atoms with Crippen molar-refractivity contribution in [2.45, 2.75) is 0 Å². The van der Waals surface area contributed by atoms with E-state index in [-0.39, 0.29) is 5.91 Å². The minimum absolute atomic E-state index is 0.0485. The van der Waals surface area contributed by atoms with Gasteiger partial charge in [0.2, 0.25) is 0 Å². The van der Waals surface area contributed by atoms with Crippen molar-refractivity contribution in [2.75, 3.05) is 43.9 Å². The lowest BCUT2D eigenvalue weighted by Gasteiger charge is -2.36. The van der Waals surface area contributed by atoms with Crippen molar-refractivity contribution in [3.05, 3.63) is 35.3 Å². The second kappa shape index (κ2) is 6.23.